The standard InChI is InChI=1S/C15H19N3O3S/c1-10(15(19)18(2)3)22-9-13-16-14(21-17-13)11-5-7-12(20-4)8-6-11/h5-8,10H,9H2,1-4H3. The van der Waals surface area contributed by atoms with Gasteiger partial charge in [0.1, 0.15) is 5.75 Å². The van der Waals surface area contributed by atoms with Gasteiger partial charge in [0.2, 0.25) is 5.91 Å². The van der Waals surface area contributed by atoms with Crippen molar-refractivity contribution in [3.8, 4) is 17.2 Å². The monoisotopic (exact) mass is 321 g/mol. The lowest BCUT2D eigenvalue weighted by molar-refractivity contribution is -0.127. The van der Waals surface area contributed by atoms with Gasteiger partial charge < -0.3 is 14.2 Å². The molecule has 0 N–H and O–H groups in total. The van der Waals surface area contributed by atoms with Crippen molar-refractivity contribution in [3.63, 3.8) is 0 Å². The van der Waals surface area contributed by atoms with Crippen LogP contribution in [0, 0.1) is 0 Å². The molecule has 1 atom stereocenters. The first kappa shape index (κ1) is 16.4. The summed E-state index contributed by atoms with van der Waals surface area (Å²) in [6, 6.07) is 7.40. The third kappa shape index (κ3) is 4.00. The molecule has 22 heavy (non-hydrogen) atoms. The van der Waals surface area contributed by atoms with Crippen LogP contribution in [0.5, 0.6) is 5.75 Å². The van der Waals surface area contributed by atoms with Crippen molar-refractivity contribution in [2.75, 3.05) is 21.2 Å². The second-order valence-corrected chi connectivity index (χ2v) is 6.26. The van der Waals surface area contributed by atoms with E-state index in [4.69, 9.17) is 9.26 Å². The third-order valence-electron chi connectivity index (χ3n) is 3.06. The smallest absolute Gasteiger partial charge is 0.257 e. The highest BCUT2D eigenvalue weighted by molar-refractivity contribution is 7.99. The Morgan fingerprint density at radius 2 is 2.05 bits per heavy atom. The molecule has 1 aromatic carbocycles. The molecule has 0 saturated carbocycles. The van der Waals surface area contributed by atoms with Gasteiger partial charge in [0.25, 0.3) is 5.89 Å². The van der Waals surface area contributed by atoms with Crippen molar-refractivity contribution >= 4 is 17.7 Å². The SMILES string of the molecule is COc1ccc(-c2nc(CSC(C)C(=O)N(C)C)no2)cc1. The largest absolute Gasteiger partial charge is 0.497 e. The first-order chi connectivity index (χ1) is 10.5. The van der Waals surface area contributed by atoms with Crippen LogP contribution in [-0.2, 0) is 10.5 Å². The topological polar surface area (TPSA) is 68.5 Å². The summed E-state index contributed by atoms with van der Waals surface area (Å²) in [4.78, 5) is 17.7. The number of thioether (sulfide) groups is 1. The average Bonchev–Trinajstić information content (AvgIpc) is 3.00. The molecule has 118 valence electrons. The molecule has 0 radical (unpaired) electrons. The molecule has 0 aliphatic carbocycles. The van der Waals surface area contributed by atoms with Crippen molar-refractivity contribution in [1.82, 2.24) is 15.0 Å². The number of amides is 1. The number of carbonyl (C=O) groups excluding carboxylic acids is 1. The Balaban J connectivity index is 1.97. The minimum atomic E-state index is -0.141. The zero-order chi connectivity index (χ0) is 16.1. The van der Waals surface area contributed by atoms with E-state index in [0.29, 0.717) is 17.5 Å². The van der Waals surface area contributed by atoms with E-state index in [-0.39, 0.29) is 11.2 Å². The summed E-state index contributed by atoms with van der Waals surface area (Å²) in [5.74, 6) is 2.42. The first-order valence-electron chi connectivity index (χ1n) is 6.81. The van der Waals surface area contributed by atoms with Gasteiger partial charge in [-0.15, -0.1) is 11.8 Å². The van der Waals surface area contributed by atoms with E-state index in [2.05, 4.69) is 10.1 Å². The van der Waals surface area contributed by atoms with E-state index in [1.54, 1.807) is 26.1 Å². The van der Waals surface area contributed by atoms with E-state index in [1.807, 2.05) is 31.2 Å². The highest BCUT2D eigenvalue weighted by Crippen LogP contribution is 2.23. The second-order valence-electron chi connectivity index (χ2n) is 4.93. The summed E-state index contributed by atoms with van der Waals surface area (Å²) in [6.07, 6.45) is 0. The lowest BCUT2D eigenvalue weighted by Gasteiger charge is -2.15. The van der Waals surface area contributed by atoms with Crippen molar-refractivity contribution in [2.24, 2.45) is 0 Å². The average molecular weight is 321 g/mol. The minimum absolute atomic E-state index is 0.0730. The lowest BCUT2D eigenvalue weighted by Crippen LogP contribution is -2.29. The van der Waals surface area contributed by atoms with Crippen molar-refractivity contribution in [2.45, 2.75) is 17.9 Å². The van der Waals surface area contributed by atoms with Crippen LogP contribution >= 0.6 is 11.8 Å². The molecule has 0 saturated heterocycles. The number of carbonyl (C=O) groups is 1. The third-order valence-corrected chi connectivity index (χ3v) is 4.18. The van der Waals surface area contributed by atoms with Crippen LogP contribution in [0.1, 0.15) is 12.7 Å². The molecule has 1 aromatic heterocycles. The number of hydrogen-bond donors (Lipinski definition) is 0. The fraction of sp³-hybridized carbons (Fsp3) is 0.400. The number of rotatable bonds is 6. The number of hydrogen-bond acceptors (Lipinski definition) is 6. The van der Waals surface area contributed by atoms with Gasteiger partial charge in [0.15, 0.2) is 5.82 Å². The lowest BCUT2D eigenvalue weighted by atomic mass is 10.2. The zero-order valence-corrected chi connectivity index (χ0v) is 13.9. The van der Waals surface area contributed by atoms with E-state index in [9.17, 15) is 4.79 Å². The molecule has 2 aromatic rings. The normalized spacial score (nSPS) is 12.0. The number of ether oxygens (including phenoxy) is 1. The molecule has 2 rings (SSSR count). The Kier molecular flexibility index (Phi) is 5.43. The van der Waals surface area contributed by atoms with Gasteiger partial charge in [-0.1, -0.05) is 5.16 Å². The van der Waals surface area contributed by atoms with E-state index < -0.39 is 0 Å². The Morgan fingerprint density at radius 1 is 1.36 bits per heavy atom. The first-order valence-corrected chi connectivity index (χ1v) is 7.86. The van der Waals surface area contributed by atoms with Gasteiger partial charge in [-0.25, -0.2) is 0 Å². The van der Waals surface area contributed by atoms with Crippen molar-refractivity contribution < 1.29 is 14.1 Å². The van der Waals surface area contributed by atoms with Gasteiger partial charge in [0, 0.05) is 19.7 Å². The molecular weight excluding hydrogens is 302 g/mol. The van der Waals surface area contributed by atoms with Crippen molar-refractivity contribution in [1.29, 1.82) is 0 Å². The van der Waals surface area contributed by atoms with Gasteiger partial charge in [0.05, 0.1) is 18.1 Å². The number of nitrogens with zero attached hydrogens (tertiary/aromatic N) is 3. The Morgan fingerprint density at radius 3 is 2.64 bits per heavy atom. The summed E-state index contributed by atoms with van der Waals surface area (Å²) in [5, 5.41) is 3.81. The molecule has 7 heteroatoms. The minimum Gasteiger partial charge on any atom is -0.497 e. The summed E-state index contributed by atoms with van der Waals surface area (Å²) in [7, 11) is 5.11. The van der Waals surface area contributed by atoms with E-state index in [1.165, 1.54) is 11.8 Å². The second kappa shape index (κ2) is 7.31. The van der Waals surface area contributed by atoms with Crippen LogP contribution < -0.4 is 4.74 Å². The van der Waals surface area contributed by atoms with E-state index in [0.717, 1.165) is 11.3 Å². The predicted molar refractivity (Wildman–Crippen MR) is 85.7 cm³/mol. The Bertz CT molecular complexity index is 625. The maximum Gasteiger partial charge on any atom is 0.257 e. The van der Waals surface area contributed by atoms with Crippen LogP contribution in [0.2, 0.25) is 0 Å². The molecule has 0 aliphatic rings. The summed E-state index contributed by atoms with van der Waals surface area (Å²) in [6.45, 7) is 1.87. The summed E-state index contributed by atoms with van der Waals surface area (Å²) in [5.41, 5.74) is 0.835. The molecule has 0 bridgehead atoms. The number of benzene rings is 1. The highest BCUT2D eigenvalue weighted by Gasteiger charge is 2.17. The molecule has 1 heterocycles. The Labute approximate surface area is 133 Å². The quantitative estimate of drug-likeness (QED) is 0.814. The van der Waals surface area contributed by atoms with E-state index >= 15 is 0 Å². The molecule has 0 aliphatic heterocycles. The molecular formula is C15H19N3O3S. The number of methoxy groups -OCH3 is 1. The van der Waals surface area contributed by atoms with Crippen LogP contribution in [0.4, 0.5) is 0 Å². The van der Waals surface area contributed by atoms with Crippen LogP contribution in [0.3, 0.4) is 0 Å². The Hall–Kier alpha value is -2.02. The molecule has 0 fully saturated rings. The zero-order valence-electron chi connectivity index (χ0n) is 13.1. The van der Waals surface area contributed by atoms with Crippen LogP contribution in [-0.4, -0.2) is 47.4 Å². The summed E-state index contributed by atoms with van der Waals surface area (Å²) >= 11 is 1.48. The van der Waals surface area contributed by atoms with Crippen LogP contribution in [0.15, 0.2) is 28.8 Å². The van der Waals surface area contributed by atoms with Crippen LogP contribution in [0.25, 0.3) is 11.5 Å². The van der Waals surface area contributed by atoms with Gasteiger partial charge in [-0.2, -0.15) is 4.98 Å². The predicted octanol–water partition coefficient (Wildman–Crippen LogP) is 2.46. The summed E-state index contributed by atoms with van der Waals surface area (Å²) < 4.78 is 10.4. The maximum atomic E-state index is 11.8. The maximum absolute atomic E-state index is 11.8. The highest BCUT2D eigenvalue weighted by atomic mass is 32.2. The van der Waals surface area contributed by atoms with Gasteiger partial charge in [-0.3, -0.25) is 4.79 Å². The molecule has 6 nitrogen and oxygen atoms in total. The number of aromatic nitrogens is 2. The fourth-order valence-corrected chi connectivity index (χ4v) is 2.67. The fourth-order valence-electron chi connectivity index (χ4n) is 1.80. The van der Waals surface area contributed by atoms with Gasteiger partial charge >= 0.3 is 0 Å². The molecule has 1 unspecified atom stereocenters. The van der Waals surface area contributed by atoms with Gasteiger partial charge in [-0.05, 0) is 31.2 Å². The molecule has 0 spiro atoms. The van der Waals surface area contributed by atoms with Crippen molar-refractivity contribution in [3.05, 3.63) is 30.1 Å². The molecule has 1 amide bonds.